The monoisotopic (exact) mass is 362 g/mol. The van der Waals surface area contributed by atoms with Crippen molar-refractivity contribution in [3.63, 3.8) is 0 Å². The first kappa shape index (κ1) is 20.2. The molecule has 27 heavy (non-hydrogen) atoms. The van der Waals surface area contributed by atoms with E-state index in [1.165, 1.54) is 5.56 Å². The average molecular weight is 362 g/mol. The lowest BCUT2D eigenvalue weighted by molar-refractivity contribution is -0.139. The first-order chi connectivity index (χ1) is 12.9. The third-order valence-electron chi connectivity index (χ3n) is 4.05. The molecule has 0 N–H and O–H groups in total. The molecule has 0 aliphatic carbocycles. The Morgan fingerprint density at radius 3 is 1.93 bits per heavy atom. The third-order valence-corrected chi connectivity index (χ3v) is 4.05. The molecule has 0 saturated heterocycles. The fourth-order valence-electron chi connectivity index (χ4n) is 2.37. The maximum Gasteiger partial charge on any atom is 0.333 e. The van der Waals surface area contributed by atoms with E-state index in [1.807, 2.05) is 31.2 Å². The van der Waals surface area contributed by atoms with Crippen molar-refractivity contribution >= 4 is 5.97 Å². The van der Waals surface area contributed by atoms with Crippen molar-refractivity contribution in [2.24, 2.45) is 0 Å². The van der Waals surface area contributed by atoms with Gasteiger partial charge in [-0.2, -0.15) is 0 Å². The molecule has 2 rings (SSSR count). The number of esters is 1. The van der Waals surface area contributed by atoms with E-state index in [4.69, 9.17) is 9.47 Å². The molecule has 0 aliphatic rings. The zero-order valence-electron chi connectivity index (χ0n) is 16.1. The number of benzene rings is 2. The summed E-state index contributed by atoms with van der Waals surface area (Å²) < 4.78 is 10.7. The average Bonchev–Trinajstić information content (AvgIpc) is 2.66. The molecule has 0 saturated carbocycles. The van der Waals surface area contributed by atoms with E-state index in [9.17, 15) is 4.79 Å². The van der Waals surface area contributed by atoms with Crippen LogP contribution in [0.25, 0.3) is 11.1 Å². The summed E-state index contributed by atoms with van der Waals surface area (Å²) in [5.41, 5.74) is 4.70. The standard InChI is InChI=1S/C24H26O3/c1-17(2)19(5)27-23-14-12-22(13-15-23)21-10-8-20(9-11-21)7-6-16-26-24(25)18(3)4/h8-15H,1,3,5-7,16H2,2,4H3. The number of hydrogen-bond acceptors (Lipinski definition) is 3. The molecule has 2 aromatic carbocycles. The van der Waals surface area contributed by atoms with Crippen LogP contribution in [0.3, 0.4) is 0 Å². The Kier molecular flexibility index (Phi) is 7.18. The van der Waals surface area contributed by atoms with Crippen molar-refractivity contribution in [3.05, 3.63) is 90.7 Å². The number of rotatable bonds is 9. The summed E-state index contributed by atoms with van der Waals surface area (Å²) >= 11 is 0. The fourth-order valence-corrected chi connectivity index (χ4v) is 2.37. The minimum atomic E-state index is -0.329. The highest BCUT2D eigenvalue weighted by atomic mass is 16.5. The molecule has 0 atom stereocenters. The number of aryl methyl sites for hydroxylation is 1. The highest BCUT2D eigenvalue weighted by Crippen LogP contribution is 2.24. The van der Waals surface area contributed by atoms with Crippen LogP contribution in [-0.4, -0.2) is 12.6 Å². The van der Waals surface area contributed by atoms with Crippen molar-refractivity contribution in [2.75, 3.05) is 6.61 Å². The molecule has 0 spiro atoms. The summed E-state index contributed by atoms with van der Waals surface area (Å²) in [7, 11) is 0. The Hall–Kier alpha value is -3.07. The maximum atomic E-state index is 11.3. The smallest absolute Gasteiger partial charge is 0.333 e. The molecule has 3 nitrogen and oxygen atoms in total. The second kappa shape index (κ2) is 9.58. The van der Waals surface area contributed by atoms with E-state index in [0.29, 0.717) is 17.9 Å². The van der Waals surface area contributed by atoms with Gasteiger partial charge in [0.05, 0.1) is 6.61 Å². The topological polar surface area (TPSA) is 35.5 Å². The zero-order chi connectivity index (χ0) is 19.8. The van der Waals surface area contributed by atoms with Gasteiger partial charge in [0.15, 0.2) is 0 Å². The van der Waals surface area contributed by atoms with Crippen LogP contribution in [0.1, 0.15) is 25.8 Å². The largest absolute Gasteiger partial charge is 0.462 e. The van der Waals surface area contributed by atoms with Gasteiger partial charge in [-0.15, -0.1) is 0 Å². The van der Waals surface area contributed by atoms with Crippen LogP contribution in [0.15, 0.2) is 85.2 Å². The van der Waals surface area contributed by atoms with Gasteiger partial charge < -0.3 is 9.47 Å². The molecule has 0 bridgehead atoms. The van der Waals surface area contributed by atoms with Crippen LogP contribution in [0.2, 0.25) is 0 Å². The van der Waals surface area contributed by atoms with Crippen LogP contribution >= 0.6 is 0 Å². The zero-order valence-corrected chi connectivity index (χ0v) is 16.1. The van der Waals surface area contributed by atoms with Crippen LogP contribution in [0.5, 0.6) is 5.75 Å². The summed E-state index contributed by atoms with van der Waals surface area (Å²) in [6.45, 7) is 15.1. The van der Waals surface area contributed by atoms with Crippen molar-refractivity contribution < 1.29 is 14.3 Å². The molecule has 0 fully saturated rings. The number of ether oxygens (including phenoxy) is 2. The van der Waals surface area contributed by atoms with E-state index in [0.717, 1.165) is 35.3 Å². The van der Waals surface area contributed by atoms with Crippen molar-refractivity contribution in [3.8, 4) is 16.9 Å². The number of carbonyl (C=O) groups is 1. The summed E-state index contributed by atoms with van der Waals surface area (Å²) in [4.78, 5) is 11.3. The number of carbonyl (C=O) groups excluding carboxylic acids is 1. The summed E-state index contributed by atoms with van der Waals surface area (Å²) in [6, 6.07) is 16.3. The van der Waals surface area contributed by atoms with Gasteiger partial charge in [0.2, 0.25) is 0 Å². The van der Waals surface area contributed by atoms with E-state index in [1.54, 1.807) is 6.92 Å². The Labute approximate surface area is 161 Å². The molecular weight excluding hydrogens is 336 g/mol. The van der Waals surface area contributed by atoms with Gasteiger partial charge in [-0.05, 0) is 61.1 Å². The first-order valence-electron chi connectivity index (χ1n) is 8.91. The quantitative estimate of drug-likeness (QED) is 0.184. The van der Waals surface area contributed by atoms with E-state index < -0.39 is 0 Å². The van der Waals surface area contributed by atoms with E-state index >= 15 is 0 Å². The lowest BCUT2D eigenvalue weighted by Crippen LogP contribution is -2.06. The van der Waals surface area contributed by atoms with Crippen LogP contribution in [0, 0.1) is 0 Å². The third kappa shape index (κ3) is 6.30. The van der Waals surface area contributed by atoms with E-state index in [-0.39, 0.29) is 5.97 Å². The maximum absolute atomic E-state index is 11.3. The normalized spacial score (nSPS) is 10.1. The van der Waals surface area contributed by atoms with Gasteiger partial charge >= 0.3 is 5.97 Å². The predicted octanol–water partition coefficient (Wildman–Crippen LogP) is 5.87. The molecular formula is C24H26O3. The molecule has 2 aromatic rings. The lowest BCUT2D eigenvalue weighted by Gasteiger charge is -2.09. The molecule has 0 radical (unpaired) electrons. The second-order valence-electron chi connectivity index (χ2n) is 6.55. The second-order valence-corrected chi connectivity index (χ2v) is 6.55. The first-order valence-corrected chi connectivity index (χ1v) is 8.91. The Balaban J connectivity index is 1.89. The molecule has 3 heteroatoms. The van der Waals surface area contributed by atoms with Crippen LogP contribution in [-0.2, 0) is 16.0 Å². The number of hydrogen-bond donors (Lipinski definition) is 0. The highest BCUT2D eigenvalue weighted by molar-refractivity contribution is 5.86. The minimum Gasteiger partial charge on any atom is -0.462 e. The van der Waals surface area contributed by atoms with Gasteiger partial charge in [-0.3, -0.25) is 0 Å². The van der Waals surface area contributed by atoms with Crippen molar-refractivity contribution in [1.29, 1.82) is 0 Å². The molecule has 0 heterocycles. The predicted molar refractivity (Wildman–Crippen MR) is 111 cm³/mol. The molecule has 0 aliphatic heterocycles. The summed E-state index contributed by atoms with van der Waals surface area (Å²) in [6.07, 6.45) is 1.65. The fraction of sp³-hybridized carbons (Fsp3) is 0.208. The molecule has 0 amide bonds. The Bertz CT molecular complexity index is 827. The van der Waals surface area contributed by atoms with Crippen molar-refractivity contribution in [1.82, 2.24) is 0 Å². The van der Waals surface area contributed by atoms with Gasteiger partial charge in [-0.1, -0.05) is 56.1 Å². The summed E-state index contributed by atoms with van der Waals surface area (Å²) in [5.74, 6) is 0.985. The van der Waals surface area contributed by atoms with Gasteiger partial charge in [0.25, 0.3) is 0 Å². The highest BCUT2D eigenvalue weighted by Gasteiger charge is 2.04. The minimum absolute atomic E-state index is 0.329. The lowest BCUT2D eigenvalue weighted by atomic mass is 10.0. The Morgan fingerprint density at radius 1 is 0.852 bits per heavy atom. The molecule has 140 valence electrons. The van der Waals surface area contributed by atoms with Crippen LogP contribution in [0.4, 0.5) is 0 Å². The number of allylic oxidation sites excluding steroid dienone is 1. The SMILES string of the molecule is C=C(C)C(=C)Oc1ccc(-c2ccc(CCCOC(=O)C(=C)C)cc2)cc1. The summed E-state index contributed by atoms with van der Waals surface area (Å²) in [5, 5.41) is 0. The molecule has 0 aromatic heterocycles. The van der Waals surface area contributed by atoms with Crippen molar-refractivity contribution in [2.45, 2.75) is 26.7 Å². The molecule has 0 unspecified atom stereocenters. The van der Waals surface area contributed by atoms with Gasteiger partial charge in [0.1, 0.15) is 11.5 Å². The Morgan fingerprint density at radius 2 is 1.41 bits per heavy atom. The van der Waals surface area contributed by atoms with Gasteiger partial charge in [-0.25, -0.2) is 4.79 Å². The van der Waals surface area contributed by atoms with Crippen LogP contribution < -0.4 is 4.74 Å². The van der Waals surface area contributed by atoms with Gasteiger partial charge in [0, 0.05) is 5.57 Å². The van der Waals surface area contributed by atoms with E-state index in [2.05, 4.69) is 44.0 Å².